The van der Waals surface area contributed by atoms with Crippen molar-refractivity contribution in [2.45, 2.75) is 39.3 Å². The second-order valence-corrected chi connectivity index (χ2v) is 6.97. The summed E-state index contributed by atoms with van der Waals surface area (Å²) in [6, 6.07) is 2.81. The van der Waals surface area contributed by atoms with Crippen molar-refractivity contribution in [3.05, 3.63) is 23.8 Å². The molecule has 1 aromatic heterocycles. The van der Waals surface area contributed by atoms with Gasteiger partial charge in [-0.25, -0.2) is 14.6 Å². The van der Waals surface area contributed by atoms with E-state index in [9.17, 15) is 14.0 Å². The van der Waals surface area contributed by atoms with E-state index in [1.54, 1.807) is 4.90 Å². The number of methoxy groups -OCH3 is 1. The van der Waals surface area contributed by atoms with Crippen LogP contribution in [0.3, 0.4) is 0 Å². The third-order valence-corrected chi connectivity index (χ3v) is 3.81. The fraction of sp³-hybridized carbons (Fsp3) is 0.588. The maximum absolute atomic E-state index is 14.3. The van der Waals surface area contributed by atoms with Gasteiger partial charge in [-0.1, -0.05) is 0 Å². The fourth-order valence-electron chi connectivity index (χ4n) is 2.67. The van der Waals surface area contributed by atoms with Crippen molar-refractivity contribution in [1.29, 1.82) is 0 Å². The molecule has 1 fully saturated rings. The molecule has 7 nitrogen and oxygen atoms in total. The van der Waals surface area contributed by atoms with Crippen LogP contribution in [0, 0.1) is 5.95 Å². The van der Waals surface area contributed by atoms with Gasteiger partial charge in [-0.3, -0.25) is 0 Å². The number of ether oxygens (including phenoxy) is 2. The molecule has 1 aliphatic heterocycles. The number of esters is 1. The fourth-order valence-corrected chi connectivity index (χ4v) is 2.67. The van der Waals surface area contributed by atoms with Crippen LogP contribution in [0.15, 0.2) is 12.1 Å². The Morgan fingerprint density at radius 2 is 1.96 bits per heavy atom. The van der Waals surface area contributed by atoms with Crippen molar-refractivity contribution in [3.63, 3.8) is 0 Å². The number of halogens is 1. The Bertz CT molecular complexity index is 660. The number of nitrogens with zero attached hydrogens (tertiary/aromatic N) is 3. The zero-order valence-corrected chi connectivity index (χ0v) is 15.2. The third kappa shape index (κ3) is 4.58. The van der Waals surface area contributed by atoms with E-state index in [0.29, 0.717) is 25.3 Å². The average Bonchev–Trinajstić information content (AvgIpc) is 2.52. The van der Waals surface area contributed by atoms with E-state index in [1.165, 1.54) is 19.2 Å². The quantitative estimate of drug-likeness (QED) is 0.601. The van der Waals surface area contributed by atoms with Crippen LogP contribution in [0.4, 0.5) is 14.9 Å². The summed E-state index contributed by atoms with van der Waals surface area (Å²) >= 11 is 0. The van der Waals surface area contributed by atoms with Gasteiger partial charge in [0.05, 0.1) is 12.8 Å². The third-order valence-electron chi connectivity index (χ3n) is 3.81. The molecule has 2 rings (SSSR count). The number of piperazine rings is 1. The summed E-state index contributed by atoms with van der Waals surface area (Å²) in [7, 11) is 1.22. The monoisotopic (exact) mass is 353 g/mol. The molecular weight excluding hydrogens is 329 g/mol. The second-order valence-electron chi connectivity index (χ2n) is 6.97. The zero-order chi connectivity index (χ0) is 18.8. The van der Waals surface area contributed by atoms with E-state index in [0.717, 1.165) is 0 Å². The molecule has 1 amide bonds. The topological polar surface area (TPSA) is 72.0 Å². The summed E-state index contributed by atoms with van der Waals surface area (Å²) in [5, 5.41) is 0. The maximum atomic E-state index is 14.3. The van der Waals surface area contributed by atoms with Crippen LogP contribution >= 0.6 is 0 Å². The summed E-state index contributed by atoms with van der Waals surface area (Å²) in [5.41, 5.74) is -0.343. The lowest BCUT2D eigenvalue weighted by atomic mass is 10.1. The molecule has 0 spiro atoms. The molecule has 25 heavy (non-hydrogen) atoms. The van der Waals surface area contributed by atoms with Crippen molar-refractivity contribution in [1.82, 2.24) is 9.88 Å². The molecule has 0 unspecified atom stereocenters. The van der Waals surface area contributed by atoms with E-state index in [2.05, 4.69) is 9.72 Å². The molecule has 0 N–H and O–H groups in total. The van der Waals surface area contributed by atoms with Crippen molar-refractivity contribution in [3.8, 4) is 0 Å². The van der Waals surface area contributed by atoms with Crippen LogP contribution in [0.5, 0.6) is 0 Å². The Morgan fingerprint density at radius 1 is 1.28 bits per heavy atom. The first-order chi connectivity index (χ1) is 11.6. The number of aromatic nitrogens is 1. The summed E-state index contributed by atoms with van der Waals surface area (Å²) in [6.45, 7) is 8.60. The lowest BCUT2D eigenvalue weighted by molar-refractivity contribution is 0.0218. The van der Waals surface area contributed by atoms with Crippen molar-refractivity contribution in [2.24, 2.45) is 0 Å². The normalized spacial score (nSPS) is 18.1. The van der Waals surface area contributed by atoms with Crippen LogP contribution < -0.4 is 4.90 Å². The van der Waals surface area contributed by atoms with Crippen LogP contribution in [0.2, 0.25) is 0 Å². The van der Waals surface area contributed by atoms with E-state index in [1.807, 2.05) is 32.6 Å². The van der Waals surface area contributed by atoms with Gasteiger partial charge in [0, 0.05) is 25.7 Å². The number of rotatable bonds is 2. The van der Waals surface area contributed by atoms with Crippen LogP contribution in [0.1, 0.15) is 38.2 Å². The number of hydrogen-bond acceptors (Lipinski definition) is 6. The minimum Gasteiger partial charge on any atom is -0.464 e. The van der Waals surface area contributed by atoms with Gasteiger partial charge in [-0.15, -0.1) is 0 Å². The Labute approximate surface area is 146 Å². The number of amides is 1. The van der Waals surface area contributed by atoms with Gasteiger partial charge in [0.1, 0.15) is 5.60 Å². The molecule has 138 valence electrons. The Balaban J connectivity index is 2.09. The molecule has 2 heterocycles. The first-order valence-electron chi connectivity index (χ1n) is 8.12. The first-order valence-corrected chi connectivity index (χ1v) is 8.12. The van der Waals surface area contributed by atoms with Gasteiger partial charge in [-0.2, -0.15) is 4.39 Å². The van der Waals surface area contributed by atoms with Crippen LogP contribution in [0.25, 0.3) is 0 Å². The summed E-state index contributed by atoms with van der Waals surface area (Å²) < 4.78 is 24.2. The number of hydrogen-bond donors (Lipinski definition) is 0. The smallest absolute Gasteiger partial charge is 0.410 e. The standard InChI is InChI=1S/C17H24FN3O4/c1-11-10-20(16(23)25-17(2,3)4)8-9-21(11)13-7-6-12(15(22)24-5)19-14(13)18/h6-7,11H,8-10H2,1-5H3/t11-/m0/s1. The van der Waals surface area contributed by atoms with E-state index in [-0.39, 0.29) is 17.8 Å². The maximum Gasteiger partial charge on any atom is 0.410 e. The van der Waals surface area contributed by atoms with Crippen LogP contribution in [-0.4, -0.2) is 60.3 Å². The number of anilines is 1. The Hall–Kier alpha value is -2.38. The average molecular weight is 353 g/mol. The van der Waals surface area contributed by atoms with Gasteiger partial charge >= 0.3 is 12.1 Å². The molecule has 1 saturated heterocycles. The lowest BCUT2D eigenvalue weighted by Crippen LogP contribution is -2.54. The highest BCUT2D eigenvalue weighted by Crippen LogP contribution is 2.24. The minimum absolute atomic E-state index is 0.0798. The summed E-state index contributed by atoms with van der Waals surface area (Å²) in [4.78, 5) is 30.7. The highest BCUT2D eigenvalue weighted by molar-refractivity contribution is 5.87. The largest absolute Gasteiger partial charge is 0.464 e. The summed E-state index contributed by atoms with van der Waals surface area (Å²) in [5.74, 6) is -1.42. The molecule has 0 radical (unpaired) electrons. The molecule has 0 saturated carbocycles. The van der Waals surface area contributed by atoms with Gasteiger partial charge in [0.2, 0.25) is 5.95 Å². The van der Waals surface area contributed by atoms with Crippen molar-refractivity contribution < 1.29 is 23.5 Å². The first kappa shape index (κ1) is 19.0. The Kier molecular flexibility index (Phi) is 5.49. The lowest BCUT2D eigenvalue weighted by Gasteiger charge is -2.41. The van der Waals surface area contributed by atoms with E-state index < -0.39 is 17.5 Å². The molecule has 0 aliphatic carbocycles. The molecule has 0 bridgehead atoms. The highest BCUT2D eigenvalue weighted by atomic mass is 19.1. The molecule has 1 atom stereocenters. The molecule has 0 aromatic carbocycles. The predicted octanol–water partition coefficient (Wildman–Crippen LogP) is 2.45. The van der Waals surface area contributed by atoms with Crippen LogP contribution in [-0.2, 0) is 9.47 Å². The second kappa shape index (κ2) is 7.25. The molecule has 8 heteroatoms. The van der Waals surface area contributed by atoms with E-state index in [4.69, 9.17) is 4.74 Å². The van der Waals surface area contributed by atoms with E-state index >= 15 is 0 Å². The molecular formula is C17H24FN3O4. The number of pyridine rings is 1. The zero-order valence-electron chi connectivity index (χ0n) is 15.2. The Morgan fingerprint density at radius 3 is 2.48 bits per heavy atom. The predicted molar refractivity (Wildman–Crippen MR) is 90.1 cm³/mol. The van der Waals surface area contributed by atoms with Gasteiger partial charge in [0.25, 0.3) is 0 Å². The number of carbonyl (C=O) groups excluding carboxylic acids is 2. The van der Waals surface area contributed by atoms with Gasteiger partial charge < -0.3 is 19.3 Å². The summed E-state index contributed by atoms with van der Waals surface area (Å²) in [6.07, 6.45) is -0.376. The highest BCUT2D eigenvalue weighted by Gasteiger charge is 2.31. The van der Waals surface area contributed by atoms with Gasteiger partial charge in [-0.05, 0) is 39.8 Å². The van der Waals surface area contributed by atoms with Gasteiger partial charge in [0.15, 0.2) is 5.69 Å². The molecule has 1 aromatic rings. The minimum atomic E-state index is -0.736. The van der Waals surface area contributed by atoms with Crippen molar-refractivity contribution in [2.75, 3.05) is 31.6 Å². The molecule has 1 aliphatic rings. The SMILES string of the molecule is COC(=O)c1ccc(N2CCN(C(=O)OC(C)(C)C)C[C@@H]2C)c(F)n1. The number of carbonyl (C=O) groups is 2. The van der Waals surface area contributed by atoms with Crippen molar-refractivity contribution >= 4 is 17.7 Å².